The Morgan fingerprint density at radius 1 is 0.935 bits per heavy atom. The van der Waals surface area contributed by atoms with E-state index in [1.165, 1.54) is 36.5 Å². The van der Waals surface area contributed by atoms with Crippen molar-refractivity contribution >= 4 is 21.6 Å². The van der Waals surface area contributed by atoms with Crippen LogP contribution in [0.2, 0.25) is 0 Å². The number of hydrogen-bond donors (Lipinski definition) is 0. The summed E-state index contributed by atoms with van der Waals surface area (Å²) in [5, 5.41) is 0. The molecular weight excluding hydrogens is 410 g/mol. The van der Waals surface area contributed by atoms with Crippen LogP contribution in [-0.2, 0) is 23.0 Å². The molecule has 1 fully saturated rings. The Bertz CT molecular complexity index is 1010. The first-order chi connectivity index (χ1) is 14.7. The second-order valence-electron chi connectivity index (χ2n) is 8.35. The summed E-state index contributed by atoms with van der Waals surface area (Å²) < 4.78 is 26.6. The third kappa shape index (κ3) is 5.28. The highest BCUT2D eigenvalue weighted by atomic mass is 32.2. The van der Waals surface area contributed by atoms with Crippen molar-refractivity contribution in [1.29, 1.82) is 0 Å². The summed E-state index contributed by atoms with van der Waals surface area (Å²) in [6.45, 7) is 4.33. The number of rotatable bonds is 7. The molecule has 0 radical (unpaired) electrons. The summed E-state index contributed by atoms with van der Waals surface area (Å²) in [7, 11) is 1.14. The van der Waals surface area contributed by atoms with Gasteiger partial charge < -0.3 is 9.80 Å². The van der Waals surface area contributed by atoms with Gasteiger partial charge in [-0.2, -0.15) is 0 Å². The van der Waals surface area contributed by atoms with Gasteiger partial charge in [0.25, 0.3) is 5.91 Å². The van der Waals surface area contributed by atoms with E-state index in [4.69, 9.17) is 0 Å². The average molecular weight is 444 g/mol. The van der Waals surface area contributed by atoms with E-state index in [2.05, 4.69) is 24.0 Å². The molecule has 0 saturated carbocycles. The number of anilines is 1. The van der Waals surface area contributed by atoms with Gasteiger partial charge in [-0.25, -0.2) is 12.7 Å². The minimum absolute atomic E-state index is 0.141. The number of amides is 1. The molecule has 6 nitrogen and oxygen atoms in total. The molecule has 0 aromatic heterocycles. The quantitative estimate of drug-likeness (QED) is 0.654. The minimum atomic E-state index is -3.63. The van der Waals surface area contributed by atoms with E-state index in [1.807, 2.05) is 12.1 Å². The zero-order valence-corrected chi connectivity index (χ0v) is 19.8. The Hall–Kier alpha value is -2.38. The monoisotopic (exact) mass is 443 g/mol. The van der Waals surface area contributed by atoms with Crippen LogP contribution in [0.3, 0.4) is 0 Å². The van der Waals surface area contributed by atoms with Crippen LogP contribution in [0.5, 0.6) is 0 Å². The van der Waals surface area contributed by atoms with Crippen molar-refractivity contribution in [1.82, 2.24) is 9.21 Å². The van der Waals surface area contributed by atoms with E-state index in [9.17, 15) is 13.2 Å². The average Bonchev–Trinajstić information content (AvgIpc) is 2.79. The number of aryl methyl sites for hydroxylation is 1. The minimum Gasteiger partial charge on any atom is -0.371 e. The Labute approximate surface area is 186 Å². The largest absolute Gasteiger partial charge is 0.371 e. The van der Waals surface area contributed by atoms with Crippen LogP contribution in [0.15, 0.2) is 47.4 Å². The van der Waals surface area contributed by atoms with Crippen LogP contribution < -0.4 is 4.90 Å². The summed E-state index contributed by atoms with van der Waals surface area (Å²) in [4.78, 5) is 17.5. The van der Waals surface area contributed by atoms with Crippen molar-refractivity contribution in [2.24, 2.45) is 0 Å². The van der Waals surface area contributed by atoms with Crippen molar-refractivity contribution in [2.75, 3.05) is 39.1 Å². The van der Waals surface area contributed by atoms with E-state index < -0.39 is 10.0 Å². The molecule has 7 heteroatoms. The van der Waals surface area contributed by atoms with Gasteiger partial charge in [0.05, 0.1) is 10.5 Å². The van der Waals surface area contributed by atoms with Crippen LogP contribution in [-0.4, -0.2) is 57.8 Å². The zero-order chi connectivity index (χ0) is 22.6. The van der Waals surface area contributed by atoms with Gasteiger partial charge in [0.2, 0.25) is 10.0 Å². The molecular formula is C24H33N3O3S. The van der Waals surface area contributed by atoms with Crippen molar-refractivity contribution in [3.05, 3.63) is 59.2 Å². The fraction of sp³-hybridized carbons (Fsp3) is 0.458. The summed E-state index contributed by atoms with van der Waals surface area (Å²) in [5.41, 5.74) is 3.56. The van der Waals surface area contributed by atoms with Gasteiger partial charge in [-0.05, 0) is 55.0 Å². The first-order valence-corrected chi connectivity index (χ1v) is 12.3. The number of sulfonamides is 1. The van der Waals surface area contributed by atoms with Crippen molar-refractivity contribution in [2.45, 2.75) is 44.0 Å². The summed E-state index contributed by atoms with van der Waals surface area (Å²) in [6, 6.07) is 13.2. The molecule has 0 N–H and O–H groups in total. The summed E-state index contributed by atoms with van der Waals surface area (Å²) >= 11 is 0. The number of hydrogen-bond acceptors (Lipinski definition) is 4. The highest BCUT2D eigenvalue weighted by Crippen LogP contribution is 2.29. The maximum absolute atomic E-state index is 13.5. The molecule has 3 rings (SSSR count). The van der Waals surface area contributed by atoms with Crippen LogP contribution in [0.4, 0.5) is 5.69 Å². The van der Waals surface area contributed by atoms with Crippen molar-refractivity contribution < 1.29 is 13.2 Å². The smallest absolute Gasteiger partial charge is 0.256 e. The fourth-order valence-corrected chi connectivity index (χ4v) is 4.83. The van der Waals surface area contributed by atoms with E-state index >= 15 is 0 Å². The molecule has 168 valence electrons. The van der Waals surface area contributed by atoms with E-state index in [0.29, 0.717) is 12.1 Å². The maximum Gasteiger partial charge on any atom is 0.256 e. The molecule has 0 unspecified atom stereocenters. The lowest BCUT2D eigenvalue weighted by Crippen LogP contribution is -2.33. The van der Waals surface area contributed by atoms with Crippen LogP contribution in [0, 0.1) is 0 Å². The van der Waals surface area contributed by atoms with E-state index in [1.54, 1.807) is 24.1 Å². The number of carbonyl (C=O) groups is 1. The molecule has 2 aromatic rings. The molecule has 1 heterocycles. The Morgan fingerprint density at radius 2 is 1.55 bits per heavy atom. The van der Waals surface area contributed by atoms with Gasteiger partial charge in [-0.15, -0.1) is 0 Å². The highest BCUT2D eigenvalue weighted by molar-refractivity contribution is 7.89. The van der Waals surface area contributed by atoms with Gasteiger partial charge in [-0.3, -0.25) is 4.79 Å². The van der Waals surface area contributed by atoms with Crippen molar-refractivity contribution in [3.63, 3.8) is 0 Å². The summed E-state index contributed by atoms with van der Waals surface area (Å²) in [6.07, 6.45) is 4.30. The highest BCUT2D eigenvalue weighted by Gasteiger charge is 2.25. The number of benzene rings is 2. The molecule has 0 atom stereocenters. The molecule has 0 aliphatic carbocycles. The molecule has 2 aromatic carbocycles. The molecule has 0 bridgehead atoms. The second-order valence-corrected chi connectivity index (χ2v) is 10.5. The third-order valence-electron chi connectivity index (χ3n) is 5.87. The standard InChI is InChI=1S/C24H33N3O3S/c1-5-19-9-11-20(12-10-19)18-26(4)24(28)22-17-21(31(29,30)25(2)3)13-14-23(22)27-15-7-6-8-16-27/h9-14,17H,5-8,15-16,18H2,1-4H3. The Morgan fingerprint density at radius 3 is 2.13 bits per heavy atom. The second kappa shape index (κ2) is 9.83. The third-order valence-corrected chi connectivity index (χ3v) is 7.68. The van der Waals surface area contributed by atoms with Crippen LogP contribution in [0.25, 0.3) is 0 Å². The Kier molecular flexibility index (Phi) is 7.38. The predicted octanol–water partition coefficient (Wildman–Crippen LogP) is 3.76. The van der Waals surface area contributed by atoms with Gasteiger partial charge in [-0.1, -0.05) is 31.2 Å². The van der Waals surface area contributed by atoms with Gasteiger partial charge in [0, 0.05) is 46.5 Å². The molecule has 1 aliphatic heterocycles. The van der Waals surface area contributed by atoms with E-state index in [0.717, 1.165) is 43.6 Å². The number of piperidine rings is 1. The van der Waals surface area contributed by atoms with E-state index in [-0.39, 0.29) is 10.8 Å². The van der Waals surface area contributed by atoms with Crippen molar-refractivity contribution in [3.8, 4) is 0 Å². The zero-order valence-electron chi connectivity index (χ0n) is 19.0. The molecule has 31 heavy (non-hydrogen) atoms. The first kappa shape index (κ1) is 23.3. The van der Waals surface area contributed by atoms with Gasteiger partial charge >= 0.3 is 0 Å². The molecule has 1 saturated heterocycles. The summed E-state index contributed by atoms with van der Waals surface area (Å²) in [5.74, 6) is -0.170. The van der Waals surface area contributed by atoms with Crippen LogP contribution >= 0.6 is 0 Å². The van der Waals surface area contributed by atoms with Gasteiger partial charge in [0.15, 0.2) is 0 Å². The first-order valence-electron chi connectivity index (χ1n) is 10.9. The lowest BCUT2D eigenvalue weighted by molar-refractivity contribution is 0.0785. The van der Waals surface area contributed by atoms with Gasteiger partial charge in [0.1, 0.15) is 0 Å². The Balaban J connectivity index is 1.95. The lowest BCUT2D eigenvalue weighted by atomic mass is 10.1. The fourth-order valence-electron chi connectivity index (χ4n) is 3.90. The normalized spacial score (nSPS) is 14.7. The topological polar surface area (TPSA) is 60.9 Å². The number of carbonyl (C=O) groups excluding carboxylic acids is 1. The maximum atomic E-state index is 13.5. The number of nitrogens with zero attached hydrogens (tertiary/aromatic N) is 3. The predicted molar refractivity (Wildman–Crippen MR) is 125 cm³/mol. The van der Waals surface area contributed by atoms with Crippen LogP contribution in [0.1, 0.15) is 47.7 Å². The molecule has 1 amide bonds. The molecule has 0 spiro atoms. The lowest BCUT2D eigenvalue weighted by Gasteiger charge is -2.31. The molecule has 1 aliphatic rings. The SMILES string of the molecule is CCc1ccc(CN(C)C(=O)c2cc(S(=O)(=O)N(C)C)ccc2N2CCCCC2)cc1.